The molecule has 2 aromatic rings. The Kier molecular flexibility index (Phi) is 4.71. The molecule has 0 fully saturated rings. The highest BCUT2D eigenvalue weighted by Crippen LogP contribution is 2.18. The number of nitrogens with zero attached hydrogens (tertiary/aromatic N) is 2. The van der Waals surface area contributed by atoms with Crippen LogP contribution in [-0.2, 0) is 13.0 Å². The van der Waals surface area contributed by atoms with Crippen LogP contribution in [0.1, 0.15) is 36.1 Å². The molecular weight excluding hydrogens is 236 g/mol. The van der Waals surface area contributed by atoms with Crippen LogP contribution in [0.25, 0.3) is 0 Å². The number of rotatable bonds is 6. The minimum Gasteiger partial charge on any atom is -0.272 e. The van der Waals surface area contributed by atoms with Crippen molar-refractivity contribution in [3.8, 4) is 0 Å². The van der Waals surface area contributed by atoms with Gasteiger partial charge in [-0.2, -0.15) is 5.10 Å². The number of aryl methyl sites for hydroxylation is 2. The van der Waals surface area contributed by atoms with Gasteiger partial charge >= 0.3 is 0 Å². The maximum atomic E-state index is 5.69. The summed E-state index contributed by atoms with van der Waals surface area (Å²) in [6, 6.07) is 8.62. The molecule has 0 aliphatic carbocycles. The normalized spacial score (nSPS) is 12.6. The monoisotopic (exact) mass is 258 g/mol. The van der Waals surface area contributed by atoms with Crippen LogP contribution in [0.2, 0.25) is 0 Å². The first-order valence-electron chi connectivity index (χ1n) is 6.77. The maximum absolute atomic E-state index is 5.69. The van der Waals surface area contributed by atoms with Crippen LogP contribution in [0.15, 0.2) is 36.7 Å². The predicted molar refractivity (Wildman–Crippen MR) is 77.5 cm³/mol. The third-order valence-electron chi connectivity index (χ3n) is 3.23. The molecule has 0 saturated heterocycles. The van der Waals surface area contributed by atoms with E-state index < -0.39 is 0 Å². The third kappa shape index (κ3) is 3.66. The molecule has 19 heavy (non-hydrogen) atoms. The second kappa shape index (κ2) is 6.50. The topological polar surface area (TPSA) is 55.9 Å². The molecule has 102 valence electrons. The number of nitrogens with one attached hydrogen (secondary N) is 1. The summed E-state index contributed by atoms with van der Waals surface area (Å²) in [5.41, 5.74) is 6.58. The summed E-state index contributed by atoms with van der Waals surface area (Å²) < 4.78 is 1.97. The molecular formula is C15H22N4. The molecule has 0 spiro atoms. The van der Waals surface area contributed by atoms with Crippen molar-refractivity contribution in [2.24, 2.45) is 5.84 Å². The average Bonchev–Trinajstić information content (AvgIpc) is 2.85. The lowest BCUT2D eigenvalue weighted by molar-refractivity contribution is 0.548. The highest BCUT2D eigenvalue weighted by Gasteiger charge is 2.12. The van der Waals surface area contributed by atoms with Gasteiger partial charge in [0.2, 0.25) is 0 Å². The van der Waals surface area contributed by atoms with Crippen molar-refractivity contribution < 1.29 is 0 Å². The summed E-state index contributed by atoms with van der Waals surface area (Å²) in [5, 5.41) is 4.36. The molecule has 0 aliphatic heterocycles. The van der Waals surface area contributed by atoms with Gasteiger partial charge in [-0.15, -0.1) is 0 Å². The molecule has 1 aromatic heterocycles. The van der Waals surface area contributed by atoms with E-state index in [0.29, 0.717) is 0 Å². The summed E-state index contributed by atoms with van der Waals surface area (Å²) in [6.45, 7) is 5.20. The molecule has 2 rings (SSSR count). The van der Waals surface area contributed by atoms with Crippen molar-refractivity contribution in [3.63, 3.8) is 0 Å². The molecule has 1 unspecified atom stereocenters. The number of nitrogens with two attached hydrogens (primary N) is 1. The highest BCUT2D eigenvalue weighted by molar-refractivity contribution is 5.25. The minimum atomic E-state index is 0.104. The Labute approximate surface area is 114 Å². The molecule has 1 atom stereocenters. The molecule has 4 nitrogen and oxygen atoms in total. The van der Waals surface area contributed by atoms with Gasteiger partial charge in [-0.3, -0.25) is 16.0 Å². The van der Waals surface area contributed by atoms with Crippen LogP contribution in [0.5, 0.6) is 0 Å². The van der Waals surface area contributed by atoms with Crippen molar-refractivity contribution in [2.75, 3.05) is 0 Å². The van der Waals surface area contributed by atoms with Crippen molar-refractivity contribution in [1.29, 1.82) is 0 Å². The van der Waals surface area contributed by atoms with Crippen LogP contribution >= 0.6 is 0 Å². The summed E-state index contributed by atoms with van der Waals surface area (Å²) >= 11 is 0. The van der Waals surface area contributed by atoms with Crippen LogP contribution in [0.3, 0.4) is 0 Å². The van der Waals surface area contributed by atoms with Crippen molar-refractivity contribution in [2.45, 2.75) is 39.3 Å². The zero-order chi connectivity index (χ0) is 13.7. The number of hydrogen-bond acceptors (Lipinski definition) is 3. The second-order valence-corrected chi connectivity index (χ2v) is 4.95. The third-order valence-corrected chi connectivity index (χ3v) is 3.23. The fourth-order valence-corrected chi connectivity index (χ4v) is 2.26. The van der Waals surface area contributed by atoms with Gasteiger partial charge < -0.3 is 0 Å². The van der Waals surface area contributed by atoms with E-state index in [1.165, 1.54) is 11.1 Å². The van der Waals surface area contributed by atoms with Gasteiger partial charge in [0, 0.05) is 18.3 Å². The summed E-state index contributed by atoms with van der Waals surface area (Å²) in [6.07, 6.45) is 5.93. The summed E-state index contributed by atoms with van der Waals surface area (Å²) in [7, 11) is 0. The maximum Gasteiger partial charge on any atom is 0.0538 e. The lowest BCUT2D eigenvalue weighted by Crippen LogP contribution is -2.29. The van der Waals surface area contributed by atoms with E-state index in [1.807, 2.05) is 10.9 Å². The van der Waals surface area contributed by atoms with Gasteiger partial charge in [-0.25, -0.2) is 0 Å². The molecule has 0 bridgehead atoms. The van der Waals surface area contributed by atoms with Gasteiger partial charge in [0.25, 0.3) is 0 Å². The van der Waals surface area contributed by atoms with Crippen molar-refractivity contribution in [3.05, 3.63) is 53.3 Å². The Bertz CT molecular complexity index is 518. The van der Waals surface area contributed by atoms with E-state index in [1.54, 1.807) is 0 Å². The van der Waals surface area contributed by atoms with Gasteiger partial charge in [0.05, 0.1) is 12.2 Å². The molecule has 0 saturated carbocycles. The van der Waals surface area contributed by atoms with Crippen LogP contribution < -0.4 is 11.3 Å². The van der Waals surface area contributed by atoms with Gasteiger partial charge in [-0.1, -0.05) is 36.8 Å². The number of benzene rings is 1. The number of hydrogen-bond donors (Lipinski definition) is 2. The van der Waals surface area contributed by atoms with E-state index in [0.717, 1.165) is 24.9 Å². The Morgan fingerprint density at radius 3 is 2.95 bits per heavy atom. The molecule has 1 heterocycles. The first-order valence-corrected chi connectivity index (χ1v) is 6.77. The quantitative estimate of drug-likeness (QED) is 0.617. The van der Waals surface area contributed by atoms with Crippen molar-refractivity contribution in [1.82, 2.24) is 15.2 Å². The Morgan fingerprint density at radius 2 is 2.26 bits per heavy atom. The van der Waals surface area contributed by atoms with Gasteiger partial charge in [-0.05, 0) is 25.3 Å². The Morgan fingerprint density at radius 1 is 1.42 bits per heavy atom. The zero-order valence-electron chi connectivity index (χ0n) is 11.6. The summed E-state index contributed by atoms with van der Waals surface area (Å²) in [5.74, 6) is 5.69. The molecule has 4 heteroatoms. The minimum absolute atomic E-state index is 0.104. The van der Waals surface area contributed by atoms with E-state index in [2.05, 4.69) is 54.8 Å². The molecule has 3 N–H and O–H groups in total. The Hall–Kier alpha value is -1.65. The fraction of sp³-hybridized carbons (Fsp3) is 0.400. The molecule has 0 radical (unpaired) electrons. The SMILES string of the molecule is CCCn1cc(C(Cc2cccc(C)c2)NN)cn1. The lowest BCUT2D eigenvalue weighted by atomic mass is 10.0. The highest BCUT2D eigenvalue weighted by atomic mass is 15.3. The first-order chi connectivity index (χ1) is 9.22. The largest absolute Gasteiger partial charge is 0.272 e. The average molecular weight is 258 g/mol. The van der Waals surface area contributed by atoms with Crippen LogP contribution in [0, 0.1) is 6.92 Å². The molecule has 1 aromatic carbocycles. The standard InChI is InChI=1S/C15H22N4/c1-3-7-19-11-14(10-17-19)15(18-16)9-13-6-4-5-12(2)8-13/h4-6,8,10-11,15,18H,3,7,9,16H2,1-2H3. The number of hydrazine groups is 1. The van der Waals surface area contributed by atoms with Gasteiger partial charge in [0.1, 0.15) is 0 Å². The summed E-state index contributed by atoms with van der Waals surface area (Å²) in [4.78, 5) is 0. The fourth-order valence-electron chi connectivity index (χ4n) is 2.26. The predicted octanol–water partition coefficient (Wildman–Crippen LogP) is 2.35. The molecule has 0 amide bonds. The van der Waals surface area contributed by atoms with Crippen molar-refractivity contribution >= 4 is 0 Å². The lowest BCUT2D eigenvalue weighted by Gasteiger charge is -2.14. The zero-order valence-corrected chi connectivity index (χ0v) is 11.6. The smallest absolute Gasteiger partial charge is 0.0538 e. The molecule has 0 aliphatic rings. The number of aromatic nitrogens is 2. The Balaban J connectivity index is 2.10. The van der Waals surface area contributed by atoms with Crippen LogP contribution in [-0.4, -0.2) is 9.78 Å². The first kappa shape index (κ1) is 13.8. The van der Waals surface area contributed by atoms with Crippen LogP contribution in [0.4, 0.5) is 0 Å². The second-order valence-electron chi connectivity index (χ2n) is 4.95. The van der Waals surface area contributed by atoms with E-state index in [4.69, 9.17) is 5.84 Å². The van der Waals surface area contributed by atoms with E-state index in [9.17, 15) is 0 Å². The van der Waals surface area contributed by atoms with E-state index in [-0.39, 0.29) is 6.04 Å². The van der Waals surface area contributed by atoms with E-state index >= 15 is 0 Å². The van der Waals surface area contributed by atoms with Gasteiger partial charge in [0.15, 0.2) is 0 Å².